The number of ether oxygens (including phenoxy) is 1. The van der Waals surface area contributed by atoms with Gasteiger partial charge in [0.05, 0.1) is 6.61 Å². The summed E-state index contributed by atoms with van der Waals surface area (Å²) < 4.78 is 5.46. The molecule has 0 atom stereocenters. The van der Waals surface area contributed by atoms with Gasteiger partial charge in [0.2, 0.25) is 11.8 Å². The summed E-state index contributed by atoms with van der Waals surface area (Å²) >= 11 is 0. The fourth-order valence-corrected chi connectivity index (χ4v) is 1.50. The third-order valence-corrected chi connectivity index (χ3v) is 2.40. The lowest BCUT2D eigenvalue weighted by molar-refractivity contribution is 0.293. The monoisotopic (exact) mass is 223 g/mol. The Bertz CT molecular complexity index is 291. The van der Waals surface area contributed by atoms with Crippen LogP contribution in [0.25, 0.3) is 0 Å². The van der Waals surface area contributed by atoms with Gasteiger partial charge in [0.1, 0.15) is 0 Å². The van der Waals surface area contributed by atoms with Crippen LogP contribution in [-0.2, 0) is 0 Å². The average molecular weight is 223 g/mol. The zero-order valence-electron chi connectivity index (χ0n) is 9.98. The summed E-state index contributed by atoms with van der Waals surface area (Å²) in [5.74, 6) is 0.835. The van der Waals surface area contributed by atoms with Gasteiger partial charge in [-0.15, -0.1) is 0 Å². The number of aromatic nitrogens is 2. The maximum atomic E-state index is 5.46. The number of nitrogens with zero attached hydrogens (tertiary/aromatic N) is 2. The highest BCUT2D eigenvalue weighted by molar-refractivity contribution is 5.20. The molecular weight excluding hydrogens is 202 g/mol. The molecule has 0 spiro atoms. The third kappa shape index (κ3) is 5.53. The van der Waals surface area contributed by atoms with E-state index in [2.05, 4.69) is 16.9 Å². The summed E-state index contributed by atoms with van der Waals surface area (Å²) in [7, 11) is 0. The number of anilines is 1. The summed E-state index contributed by atoms with van der Waals surface area (Å²) in [5, 5.41) is 0. The van der Waals surface area contributed by atoms with Gasteiger partial charge in [-0.2, -0.15) is 4.98 Å². The number of nitrogens with two attached hydrogens (primary N) is 1. The second-order valence-corrected chi connectivity index (χ2v) is 3.87. The average Bonchev–Trinajstić information content (AvgIpc) is 2.28. The van der Waals surface area contributed by atoms with Crippen LogP contribution in [0.4, 0.5) is 5.95 Å². The Morgan fingerprint density at radius 3 is 2.69 bits per heavy atom. The lowest BCUT2D eigenvalue weighted by Crippen LogP contribution is -2.01. The molecule has 90 valence electrons. The number of nitrogen functional groups attached to an aromatic ring is 1. The summed E-state index contributed by atoms with van der Waals surface area (Å²) in [5.41, 5.74) is 5.44. The van der Waals surface area contributed by atoms with E-state index >= 15 is 0 Å². The molecule has 4 heteroatoms. The highest BCUT2D eigenvalue weighted by atomic mass is 16.5. The number of rotatable bonds is 8. The first-order valence-corrected chi connectivity index (χ1v) is 6.04. The zero-order chi connectivity index (χ0) is 11.6. The summed E-state index contributed by atoms with van der Waals surface area (Å²) in [6, 6.07) is 1.73. The van der Waals surface area contributed by atoms with Crippen molar-refractivity contribution in [3.05, 3.63) is 12.3 Å². The Morgan fingerprint density at radius 1 is 1.19 bits per heavy atom. The number of hydrogen-bond donors (Lipinski definition) is 1. The van der Waals surface area contributed by atoms with E-state index < -0.39 is 0 Å². The van der Waals surface area contributed by atoms with E-state index in [0.717, 1.165) is 6.42 Å². The minimum atomic E-state index is 0.264. The van der Waals surface area contributed by atoms with Crippen molar-refractivity contribution in [3.8, 4) is 5.88 Å². The molecule has 0 fully saturated rings. The van der Waals surface area contributed by atoms with Gasteiger partial charge >= 0.3 is 0 Å². The summed E-state index contributed by atoms with van der Waals surface area (Å²) in [4.78, 5) is 7.77. The van der Waals surface area contributed by atoms with Gasteiger partial charge in [-0.05, 0) is 6.42 Å². The first kappa shape index (κ1) is 12.7. The molecule has 0 radical (unpaired) electrons. The van der Waals surface area contributed by atoms with Crippen molar-refractivity contribution in [2.24, 2.45) is 0 Å². The second-order valence-electron chi connectivity index (χ2n) is 3.87. The normalized spacial score (nSPS) is 10.3. The number of unbranched alkanes of at least 4 members (excludes halogenated alkanes) is 5. The van der Waals surface area contributed by atoms with Crippen LogP contribution in [0.15, 0.2) is 12.3 Å². The minimum Gasteiger partial charge on any atom is -0.478 e. The molecule has 0 saturated carbocycles. The van der Waals surface area contributed by atoms with Gasteiger partial charge < -0.3 is 10.5 Å². The first-order valence-electron chi connectivity index (χ1n) is 6.04. The van der Waals surface area contributed by atoms with Gasteiger partial charge in [-0.25, -0.2) is 4.98 Å². The summed E-state index contributed by atoms with van der Waals surface area (Å²) in [6.45, 7) is 2.94. The molecule has 4 nitrogen and oxygen atoms in total. The minimum absolute atomic E-state index is 0.264. The first-order chi connectivity index (χ1) is 7.83. The van der Waals surface area contributed by atoms with Crippen LogP contribution in [0.3, 0.4) is 0 Å². The van der Waals surface area contributed by atoms with Crippen molar-refractivity contribution in [1.82, 2.24) is 9.97 Å². The topological polar surface area (TPSA) is 61.0 Å². The molecule has 16 heavy (non-hydrogen) atoms. The molecule has 0 bridgehead atoms. The molecule has 1 rings (SSSR count). The molecular formula is C12H21N3O. The lowest BCUT2D eigenvalue weighted by Gasteiger charge is -2.04. The Balaban J connectivity index is 2.03. The van der Waals surface area contributed by atoms with E-state index in [0.29, 0.717) is 12.5 Å². The van der Waals surface area contributed by atoms with Crippen LogP contribution >= 0.6 is 0 Å². The van der Waals surface area contributed by atoms with Gasteiger partial charge in [0.15, 0.2) is 0 Å². The molecule has 0 unspecified atom stereocenters. The van der Waals surface area contributed by atoms with Gasteiger partial charge in [-0.3, -0.25) is 0 Å². The molecule has 0 aliphatic heterocycles. The second kappa shape index (κ2) is 7.91. The fraction of sp³-hybridized carbons (Fsp3) is 0.667. The highest BCUT2D eigenvalue weighted by Gasteiger charge is 1.96. The molecule has 1 aromatic heterocycles. The van der Waals surface area contributed by atoms with Crippen LogP contribution in [-0.4, -0.2) is 16.6 Å². The molecule has 1 aromatic rings. The maximum absolute atomic E-state index is 5.46. The standard InChI is InChI=1S/C12H21N3O/c1-2-3-4-5-6-7-10-16-11-8-9-14-12(13)15-11/h8-9H,2-7,10H2,1H3,(H2,13,14,15). The lowest BCUT2D eigenvalue weighted by atomic mass is 10.1. The van der Waals surface area contributed by atoms with Crippen molar-refractivity contribution in [3.63, 3.8) is 0 Å². The SMILES string of the molecule is CCCCCCCCOc1ccnc(N)n1. The van der Waals surface area contributed by atoms with Crippen molar-refractivity contribution < 1.29 is 4.74 Å². The number of hydrogen-bond acceptors (Lipinski definition) is 4. The molecule has 0 aliphatic carbocycles. The van der Waals surface area contributed by atoms with E-state index in [-0.39, 0.29) is 5.95 Å². The van der Waals surface area contributed by atoms with Crippen molar-refractivity contribution in [2.45, 2.75) is 45.4 Å². The molecule has 1 heterocycles. The molecule has 0 amide bonds. The van der Waals surface area contributed by atoms with E-state index in [4.69, 9.17) is 10.5 Å². The highest BCUT2D eigenvalue weighted by Crippen LogP contribution is 2.08. The van der Waals surface area contributed by atoms with Crippen LogP contribution < -0.4 is 10.5 Å². The quantitative estimate of drug-likeness (QED) is 0.688. The van der Waals surface area contributed by atoms with Gasteiger partial charge in [0.25, 0.3) is 0 Å². The van der Waals surface area contributed by atoms with Gasteiger partial charge in [-0.1, -0.05) is 39.0 Å². The predicted molar refractivity (Wildman–Crippen MR) is 65.3 cm³/mol. The zero-order valence-corrected chi connectivity index (χ0v) is 9.98. The molecule has 2 N–H and O–H groups in total. The molecule has 0 saturated heterocycles. The van der Waals surface area contributed by atoms with E-state index in [1.165, 1.54) is 32.1 Å². The van der Waals surface area contributed by atoms with Crippen molar-refractivity contribution in [1.29, 1.82) is 0 Å². The maximum Gasteiger partial charge on any atom is 0.223 e. The Kier molecular flexibility index (Phi) is 6.30. The summed E-state index contributed by atoms with van der Waals surface area (Å²) in [6.07, 6.45) is 9.16. The Morgan fingerprint density at radius 2 is 1.94 bits per heavy atom. The third-order valence-electron chi connectivity index (χ3n) is 2.40. The Hall–Kier alpha value is -1.32. The van der Waals surface area contributed by atoms with Crippen molar-refractivity contribution in [2.75, 3.05) is 12.3 Å². The Labute approximate surface area is 97.2 Å². The van der Waals surface area contributed by atoms with E-state index in [1.807, 2.05) is 0 Å². The van der Waals surface area contributed by atoms with Crippen molar-refractivity contribution >= 4 is 5.95 Å². The van der Waals surface area contributed by atoms with Crippen LogP contribution in [0.1, 0.15) is 45.4 Å². The predicted octanol–water partition coefficient (Wildman–Crippen LogP) is 2.80. The van der Waals surface area contributed by atoms with Crippen LogP contribution in [0.5, 0.6) is 5.88 Å². The van der Waals surface area contributed by atoms with Gasteiger partial charge in [0, 0.05) is 12.3 Å². The smallest absolute Gasteiger partial charge is 0.223 e. The van der Waals surface area contributed by atoms with Crippen LogP contribution in [0, 0.1) is 0 Å². The largest absolute Gasteiger partial charge is 0.478 e. The van der Waals surface area contributed by atoms with E-state index in [9.17, 15) is 0 Å². The van der Waals surface area contributed by atoms with E-state index in [1.54, 1.807) is 12.3 Å². The molecule has 0 aromatic carbocycles. The fourth-order valence-electron chi connectivity index (χ4n) is 1.50. The van der Waals surface area contributed by atoms with Crippen LogP contribution in [0.2, 0.25) is 0 Å². The molecule has 0 aliphatic rings.